The predicted molar refractivity (Wildman–Crippen MR) is 165 cm³/mol. The first-order valence-electron chi connectivity index (χ1n) is 13.7. The third-order valence-electron chi connectivity index (χ3n) is 7.13. The van der Waals surface area contributed by atoms with Gasteiger partial charge < -0.3 is 19.6 Å². The van der Waals surface area contributed by atoms with Gasteiger partial charge in [-0.25, -0.2) is 4.98 Å². The summed E-state index contributed by atoms with van der Waals surface area (Å²) in [4.78, 5) is 42.7. The van der Waals surface area contributed by atoms with Gasteiger partial charge in [-0.1, -0.05) is 29.8 Å². The average Bonchev–Trinajstić information content (AvgIpc) is 3.64. The number of carbonyl (C=O) groups excluding carboxylic acids is 2. The van der Waals surface area contributed by atoms with Crippen LogP contribution in [0.4, 0.5) is 5.69 Å². The van der Waals surface area contributed by atoms with Gasteiger partial charge in [0.1, 0.15) is 12.3 Å². The van der Waals surface area contributed by atoms with E-state index in [-0.39, 0.29) is 23.7 Å². The van der Waals surface area contributed by atoms with Crippen LogP contribution in [0.3, 0.4) is 0 Å². The second-order valence-electron chi connectivity index (χ2n) is 10.5. The number of aryl methyl sites for hydroxylation is 2. The number of halogens is 1. The van der Waals surface area contributed by atoms with Gasteiger partial charge in [-0.05, 0) is 73.4 Å². The molecular weight excluding hydrogens is 568 g/mol. The standard InChI is InChI=1S/C32H31ClN6O4/c1-19(2)39-16-23(8-12-29(39)40)22-7-11-26(33)24(13-22)14-27(37-32(42)28-17-43-18-34-28)31(41)36-25-9-5-21(6-10-25)30-20(3)15-35-38(30)4/h5-13,15-19,27H,14H2,1-4H3,(H,36,41)(H,37,42)/t27-/m0/s1. The van der Waals surface area contributed by atoms with Crippen molar-refractivity contribution in [2.45, 2.75) is 39.3 Å². The van der Waals surface area contributed by atoms with Crippen molar-refractivity contribution >= 4 is 29.1 Å². The largest absolute Gasteiger partial charge is 0.451 e. The highest BCUT2D eigenvalue weighted by molar-refractivity contribution is 6.31. The van der Waals surface area contributed by atoms with Gasteiger partial charge in [0.05, 0.1) is 11.9 Å². The Hall–Kier alpha value is -4.96. The number of nitrogens with one attached hydrogen (secondary N) is 2. The van der Waals surface area contributed by atoms with Crippen molar-refractivity contribution in [1.29, 1.82) is 0 Å². The van der Waals surface area contributed by atoms with Crippen LogP contribution in [0.15, 0.2) is 88.9 Å². The smallest absolute Gasteiger partial charge is 0.273 e. The van der Waals surface area contributed by atoms with Crippen LogP contribution < -0.4 is 16.2 Å². The first-order chi connectivity index (χ1) is 20.6. The molecule has 11 heteroatoms. The Kier molecular flexibility index (Phi) is 8.58. The number of anilines is 1. The number of oxazole rings is 1. The molecule has 0 saturated carbocycles. The third-order valence-corrected chi connectivity index (χ3v) is 7.50. The molecule has 0 saturated heterocycles. The molecule has 2 aromatic carbocycles. The van der Waals surface area contributed by atoms with E-state index in [4.69, 9.17) is 16.0 Å². The Morgan fingerprint density at radius 1 is 1.02 bits per heavy atom. The predicted octanol–water partition coefficient (Wildman–Crippen LogP) is 5.43. The number of hydrogen-bond donors (Lipinski definition) is 2. The van der Waals surface area contributed by atoms with Gasteiger partial charge in [0.25, 0.3) is 11.5 Å². The lowest BCUT2D eigenvalue weighted by Crippen LogP contribution is -2.45. The van der Waals surface area contributed by atoms with Crippen LogP contribution in [0.5, 0.6) is 0 Å². The molecular formula is C32H31ClN6O4. The molecule has 0 bridgehead atoms. The van der Waals surface area contributed by atoms with Crippen molar-refractivity contribution in [3.8, 4) is 22.4 Å². The molecule has 5 aromatic rings. The maximum absolute atomic E-state index is 13.6. The summed E-state index contributed by atoms with van der Waals surface area (Å²) in [6, 6.07) is 15.1. The number of amides is 2. The van der Waals surface area contributed by atoms with E-state index in [2.05, 4.69) is 20.7 Å². The topological polar surface area (TPSA) is 124 Å². The molecule has 220 valence electrons. The van der Waals surface area contributed by atoms with Gasteiger partial charge >= 0.3 is 0 Å². The Balaban J connectivity index is 1.42. The van der Waals surface area contributed by atoms with Crippen LogP contribution in [-0.2, 0) is 18.3 Å². The molecule has 10 nitrogen and oxygen atoms in total. The van der Waals surface area contributed by atoms with E-state index in [9.17, 15) is 14.4 Å². The summed E-state index contributed by atoms with van der Waals surface area (Å²) in [5.74, 6) is -0.997. The van der Waals surface area contributed by atoms with E-state index in [0.717, 1.165) is 34.3 Å². The monoisotopic (exact) mass is 598 g/mol. The summed E-state index contributed by atoms with van der Waals surface area (Å²) in [5, 5.41) is 10.4. The summed E-state index contributed by atoms with van der Waals surface area (Å²) in [5.41, 5.74) is 5.77. The van der Waals surface area contributed by atoms with E-state index in [1.807, 2.05) is 52.1 Å². The Bertz CT molecular complexity index is 1800. The van der Waals surface area contributed by atoms with Gasteiger partial charge in [-0.2, -0.15) is 5.10 Å². The van der Waals surface area contributed by atoms with E-state index >= 15 is 0 Å². The minimum atomic E-state index is -0.999. The fourth-order valence-corrected chi connectivity index (χ4v) is 5.07. The minimum absolute atomic E-state index is 0.0127. The molecule has 2 amide bonds. The molecule has 5 rings (SSSR count). The number of carbonyl (C=O) groups is 2. The van der Waals surface area contributed by atoms with Crippen molar-refractivity contribution in [3.05, 3.63) is 112 Å². The second-order valence-corrected chi connectivity index (χ2v) is 10.9. The SMILES string of the molecule is Cc1cnn(C)c1-c1ccc(NC(=O)[C@H](Cc2cc(-c3ccc(=O)n(C(C)C)c3)ccc2Cl)NC(=O)c2cocn2)cc1. The lowest BCUT2D eigenvalue weighted by molar-refractivity contribution is -0.118. The highest BCUT2D eigenvalue weighted by Crippen LogP contribution is 2.27. The lowest BCUT2D eigenvalue weighted by Gasteiger charge is -2.20. The van der Waals surface area contributed by atoms with Crippen LogP contribution in [0.2, 0.25) is 5.02 Å². The summed E-state index contributed by atoms with van der Waals surface area (Å²) in [6.07, 6.45) is 6.05. The molecule has 0 radical (unpaired) electrons. The van der Waals surface area contributed by atoms with Gasteiger partial charge in [-0.15, -0.1) is 0 Å². The number of aromatic nitrogens is 4. The van der Waals surface area contributed by atoms with Crippen molar-refractivity contribution in [3.63, 3.8) is 0 Å². The number of pyridine rings is 1. The molecule has 3 heterocycles. The summed E-state index contributed by atoms with van der Waals surface area (Å²) < 4.78 is 8.40. The van der Waals surface area contributed by atoms with Gasteiger partial charge in [0, 0.05) is 48.0 Å². The molecule has 2 N–H and O–H groups in total. The molecule has 0 aliphatic heterocycles. The number of hydrogen-bond acceptors (Lipinski definition) is 6. The van der Waals surface area contributed by atoms with Crippen LogP contribution in [0, 0.1) is 6.92 Å². The zero-order valence-corrected chi connectivity index (χ0v) is 24.9. The first-order valence-corrected chi connectivity index (χ1v) is 14.1. The van der Waals surface area contributed by atoms with Crippen molar-refractivity contribution in [2.75, 3.05) is 5.32 Å². The van der Waals surface area contributed by atoms with Gasteiger partial charge in [-0.3, -0.25) is 19.1 Å². The Morgan fingerprint density at radius 2 is 1.74 bits per heavy atom. The number of benzene rings is 2. The maximum Gasteiger partial charge on any atom is 0.273 e. The quantitative estimate of drug-likeness (QED) is 0.233. The van der Waals surface area contributed by atoms with Crippen LogP contribution in [0.1, 0.15) is 41.5 Å². The van der Waals surface area contributed by atoms with Crippen molar-refractivity contribution < 1.29 is 14.0 Å². The Morgan fingerprint density at radius 3 is 2.40 bits per heavy atom. The fourth-order valence-electron chi connectivity index (χ4n) is 4.88. The van der Waals surface area contributed by atoms with Crippen molar-refractivity contribution in [2.24, 2.45) is 7.05 Å². The molecule has 0 aliphatic carbocycles. The number of nitrogens with zero attached hydrogens (tertiary/aromatic N) is 4. The van der Waals surface area contributed by atoms with E-state index in [1.54, 1.807) is 45.9 Å². The van der Waals surface area contributed by atoms with Gasteiger partial charge in [0.15, 0.2) is 12.1 Å². The van der Waals surface area contributed by atoms with E-state index in [1.165, 1.54) is 12.3 Å². The fraction of sp³-hybridized carbons (Fsp3) is 0.219. The molecule has 1 atom stereocenters. The molecule has 0 spiro atoms. The molecule has 0 aliphatic rings. The molecule has 0 unspecified atom stereocenters. The van der Waals surface area contributed by atoms with Crippen LogP contribution in [0.25, 0.3) is 22.4 Å². The van der Waals surface area contributed by atoms with E-state index in [0.29, 0.717) is 16.3 Å². The number of rotatable bonds is 9. The van der Waals surface area contributed by atoms with Crippen molar-refractivity contribution in [1.82, 2.24) is 24.6 Å². The lowest BCUT2D eigenvalue weighted by atomic mass is 9.99. The molecule has 3 aromatic heterocycles. The molecule has 0 fully saturated rings. The highest BCUT2D eigenvalue weighted by Gasteiger charge is 2.25. The average molecular weight is 599 g/mol. The minimum Gasteiger partial charge on any atom is -0.451 e. The van der Waals surface area contributed by atoms with Gasteiger partial charge in [0.2, 0.25) is 5.91 Å². The summed E-state index contributed by atoms with van der Waals surface area (Å²) in [7, 11) is 1.88. The van der Waals surface area contributed by atoms with Crippen LogP contribution >= 0.6 is 11.6 Å². The summed E-state index contributed by atoms with van der Waals surface area (Å²) >= 11 is 6.59. The molecule has 43 heavy (non-hydrogen) atoms. The zero-order chi connectivity index (χ0) is 30.7. The zero-order valence-electron chi connectivity index (χ0n) is 24.2. The second kappa shape index (κ2) is 12.5. The first kappa shape index (κ1) is 29.5. The summed E-state index contributed by atoms with van der Waals surface area (Å²) in [6.45, 7) is 5.86. The maximum atomic E-state index is 13.6. The third kappa shape index (κ3) is 6.60. The van der Waals surface area contributed by atoms with E-state index < -0.39 is 17.9 Å². The normalized spacial score (nSPS) is 11.9. The Labute approximate surface area is 253 Å². The van der Waals surface area contributed by atoms with Crippen LogP contribution in [-0.4, -0.2) is 37.2 Å². The highest BCUT2D eigenvalue weighted by atomic mass is 35.5.